The van der Waals surface area contributed by atoms with Crippen LogP contribution in [0.4, 0.5) is 10.1 Å². The Bertz CT molecular complexity index is 573. The lowest BCUT2D eigenvalue weighted by molar-refractivity contribution is 0.169. The molecule has 0 radical (unpaired) electrons. The monoisotopic (exact) mass is 351 g/mol. The first-order valence-corrected chi connectivity index (χ1v) is 7.83. The summed E-state index contributed by atoms with van der Waals surface area (Å²) in [5, 5.41) is 10.3. The Hall–Kier alpha value is -1.39. The fourth-order valence-electron chi connectivity index (χ4n) is 2.28. The highest BCUT2D eigenvalue weighted by Gasteiger charge is 2.11. The molecule has 4 heteroatoms. The van der Waals surface area contributed by atoms with Crippen molar-refractivity contribution in [3.05, 3.63) is 64.4 Å². The Balaban J connectivity index is 1.98. The van der Waals surface area contributed by atoms with Gasteiger partial charge >= 0.3 is 0 Å². The minimum absolute atomic E-state index is 0.232. The van der Waals surface area contributed by atoms with E-state index in [9.17, 15) is 9.50 Å². The van der Waals surface area contributed by atoms with Crippen LogP contribution in [-0.4, -0.2) is 18.2 Å². The van der Waals surface area contributed by atoms with Crippen molar-refractivity contribution in [1.82, 2.24) is 0 Å². The normalized spacial score (nSPS) is 12.2. The van der Waals surface area contributed by atoms with E-state index in [1.807, 2.05) is 24.3 Å². The van der Waals surface area contributed by atoms with Crippen LogP contribution in [0.5, 0.6) is 0 Å². The molecule has 0 aliphatic rings. The Kier molecular flexibility index (Phi) is 5.76. The van der Waals surface area contributed by atoms with Gasteiger partial charge in [-0.15, -0.1) is 0 Å². The number of nitrogens with zero attached hydrogens (tertiary/aromatic N) is 1. The summed E-state index contributed by atoms with van der Waals surface area (Å²) >= 11 is 3.41. The molecule has 0 heterocycles. The molecule has 0 spiro atoms. The molecule has 0 saturated heterocycles. The quantitative estimate of drug-likeness (QED) is 0.825. The molecule has 2 rings (SSSR count). The van der Waals surface area contributed by atoms with Gasteiger partial charge < -0.3 is 10.0 Å². The predicted molar refractivity (Wildman–Crippen MR) is 88.0 cm³/mol. The largest absolute Gasteiger partial charge is 0.388 e. The lowest BCUT2D eigenvalue weighted by atomic mass is 10.1. The van der Waals surface area contributed by atoms with Gasteiger partial charge in [0.2, 0.25) is 0 Å². The van der Waals surface area contributed by atoms with Crippen LogP contribution in [0, 0.1) is 5.82 Å². The summed E-state index contributed by atoms with van der Waals surface area (Å²) in [4.78, 5) is 2.13. The average molecular weight is 352 g/mol. The maximum atomic E-state index is 13.0. The molecule has 21 heavy (non-hydrogen) atoms. The fourth-order valence-corrected chi connectivity index (χ4v) is 2.70. The Labute approximate surface area is 133 Å². The van der Waals surface area contributed by atoms with Gasteiger partial charge in [0.25, 0.3) is 0 Å². The molecule has 2 nitrogen and oxygen atoms in total. The molecule has 2 aromatic rings. The van der Waals surface area contributed by atoms with E-state index >= 15 is 0 Å². The summed E-state index contributed by atoms with van der Waals surface area (Å²) in [5.74, 6) is -0.232. The van der Waals surface area contributed by atoms with Crippen molar-refractivity contribution >= 4 is 21.6 Å². The number of hydrogen-bond donors (Lipinski definition) is 1. The number of benzene rings is 2. The second kappa shape index (κ2) is 7.57. The molecule has 2 aromatic carbocycles. The summed E-state index contributed by atoms with van der Waals surface area (Å²) in [5.41, 5.74) is 1.87. The molecular weight excluding hydrogens is 333 g/mol. The van der Waals surface area contributed by atoms with Crippen LogP contribution in [0.15, 0.2) is 53.0 Å². The second-order valence-electron chi connectivity index (χ2n) is 4.92. The van der Waals surface area contributed by atoms with Crippen molar-refractivity contribution in [3.63, 3.8) is 0 Å². The highest BCUT2D eigenvalue weighted by Crippen LogP contribution is 2.22. The highest BCUT2D eigenvalue weighted by atomic mass is 79.9. The smallest absolute Gasteiger partial charge is 0.123 e. The minimum Gasteiger partial charge on any atom is -0.388 e. The Morgan fingerprint density at radius 3 is 2.52 bits per heavy atom. The topological polar surface area (TPSA) is 23.5 Å². The zero-order chi connectivity index (χ0) is 15.2. The predicted octanol–water partition coefficient (Wildman–Crippen LogP) is 4.54. The zero-order valence-electron chi connectivity index (χ0n) is 12.0. The summed E-state index contributed by atoms with van der Waals surface area (Å²) in [6.45, 7) is 3.58. The molecule has 0 aliphatic heterocycles. The third-order valence-corrected chi connectivity index (χ3v) is 3.97. The first-order chi connectivity index (χ1) is 10.1. The van der Waals surface area contributed by atoms with Gasteiger partial charge in [0.15, 0.2) is 0 Å². The van der Waals surface area contributed by atoms with E-state index in [2.05, 4.69) is 27.8 Å². The third kappa shape index (κ3) is 4.55. The van der Waals surface area contributed by atoms with E-state index in [4.69, 9.17) is 0 Å². The standard InChI is InChI=1S/C17H19BrFNO/c1-2-20(16-8-6-15(19)7-9-16)11-10-17(21)13-4-3-5-14(18)12-13/h3-9,12,17,21H,2,10-11H2,1H3. The molecule has 0 bridgehead atoms. The van der Waals surface area contributed by atoms with Crippen molar-refractivity contribution < 1.29 is 9.50 Å². The van der Waals surface area contributed by atoms with Crippen molar-refractivity contribution in [2.45, 2.75) is 19.4 Å². The number of rotatable bonds is 6. The summed E-state index contributed by atoms with van der Waals surface area (Å²) in [6, 6.07) is 14.2. The molecule has 0 amide bonds. The van der Waals surface area contributed by atoms with Crippen LogP contribution in [0.2, 0.25) is 0 Å². The first kappa shape index (κ1) is 16.0. The van der Waals surface area contributed by atoms with E-state index in [1.165, 1.54) is 12.1 Å². The number of anilines is 1. The average Bonchev–Trinajstić information content (AvgIpc) is 2.49. The molecule has 0 fully saturated rings. The second-order valence-corrected chi connectivity index (χ2v) is 5.83. The van der Waals surface area contributed by atoms with Crippen LogP contribution in [0.25, 0.3) is 0 Å². The molecular formula is C17H19BrFNO. The van der Waals surface area contributed by atoms with E-state index in [0.717, 1.165) is 28.8 Å². The van der Waals surface area contributed by atoms with Crippen LogP contribution < -0.4 is 4.90 Å². The summed E-state index contributed by atoms with van der Waals surface area (Å²) in [6.07, 6.45) is 0.124. The Morgan fingerprint density at radius 1 is 1.19 bits per heavy atom. The minimum atomic E-state index is -0.503. The molecule has 1 atom stereocenters. The summed E-state index contributed by atoms with van der Waals surface area (Å²) < 4.78 is 13.9. The molecule has 1 unspecified atom stereocenters. The number of aliphatic hydroxyl groups is 1. The number of hydrogen-bond acceptors (Lipinski definition) is 2. The molecule has 0 aliphatic carbocycles. The third-order valence-electron chi connectivity index (χ3n) is 3.48. The zero-order valence-corrected chi connectivity index (χ0v) is 13.6. The first-order valence-electron chi connectivity index (χ1n) is 7.04. The molecule has 0 aromatic heterocycles. The fraction of sp³-hybridized carbons (Fsp3) is 0.294. The van der Waals surface area contributed by atoms with Gasteiger partial charge in [-0.05, 0) is 55.3 Å². The van der Waals surface area contributed by atoms with Gasteiger partial charge in [0.1, 0.15) is 5.82 Å². The molecule has 0 saturated carbocycles. The van der Waals surface area contributed by atoms with Crippen molar-refractivity contribution in [3.8, 4) is 0 Å². The lowest BCUT2D eigenvalue weighted by Gasteiger charge is -2.24. The van der Waals surface area contributed by atoms with Gasteiger partial charge in [-0.2, -0.15) is 0 Å². The van der Waals surface area contributed by atoms with Gasteiger partial charge in [-0.1, -0.05) is 28.1 Å². The number of aliphatic hydroxyl groups excluding tert-OH is 1. The van der Waals surface area contributed by atoms with E-state index in [0.29, 0.717) is 6.42 Å². The lowest BCUT2D eigenvalue weighted by Crippen LogP contribution is -2.25. The van der Waals surface area contributed by atoms with Crippen molar-refractivity contribution in [1.29, 1.82) is 0 Å². The van der Waals surface area contributed by atoms with E-state index in [-0.39, 0.29) is 5.82 Å². The van der Waals surface area contributed by atoms with Crippen LogP contribution in [0.3, 0.4) is 0 Å². The Morgan fingerprint density at radius 2 is 1.90 bits per heavy atom. The van der Waals surface area contributed by atoms with Gasteiger partial charge in [-0.25, -0.2) is 4.39 Å². The molecule has 1 N–H and O–H groups in total. The van der Waals surface area contributed by atoms with Gasteiger partial charge in [0, 0.05) is 23.2 Å². The van der Waals surface area contributed by atoms with Crippen LogP contribution in [0.1, 0.15) is 25.0 Å². The maximum absolute atomic E-state index is 13.0. The van der Waals surface area contributed by atoms with E-state index in [1.54, 1.807) is 12.1 Å². The van der Waals surface area contributed by atoms with Crippen LogP contribution in [-0.2, 0) is 0 Å². The highest BCUT2D eigenvalue weighted by molar-refractivity contribution is 9.10. The van der Waals surface area contributed by atoms with Crippen molar-refractivity contribution in [2.24, 2.45) is 0 Å². The summed E-state index contributed by atoms with van der Waals surface area (Å²) in [7, 11) is 0. The maximum Gasteiger partial charge on any atom is 0.123 e. The van der Waals surface area contributed by atoms with Crippen molar-refractivity contribution in [2.75, 3.05) is 18.0 Å². The van der Waals surface area contributed by atoms with Gasteiger partial charge in [0.05, 0.1) is 6.10 Å². The van der Waals surface area contributed by atoms with Gasteiger partial charge in [-0.3, -0.25) is 0 Å². The SMILES string of the molecule is CCN(CCC(O)c1cccc(Br)c1)c1ccc(F)cc1. The molecule has 112 valence electrons. The number of halogens is 2. The van der Waals surface area contributed by atoms with E-state index < -0.39 is 6.10 Å². The van der Waals surface area contributed by atoms with Crippen LogP contribution >= 0.6 is 15.9 Å².